The Morgan fingerprint density at radius 1 is 1.25 bits per heavy atom. The molecule has 1 aliphatic heterocycles. The van der Waals surface area contributed by atoms with Crippen molar-refractivity contribution in [3.8, 4) is 5.75 Å². The highest BCUT2D eigenvalue weighted by Gasteiger charge is 2.33. The van der Waals surface area contributed by atoms with Crippen LogP contribution in [-0.4, -0.2) is 31.6 Å². The van der Waals surface area contributed by atoms with Crippen LogP contribution < -0.4 is 10.1 Å². The highest BCUT2D eigenvalue weighted by Crippen LogP contribution is 2.38. The topological polar surface area (TPSA) is 88.5 Å². The van der Waals surface area contributed by atoms with Crippen LogP contribution in [0.15, 0.2) is 24.3 Å². The summed E-state index contributed by atoms with van der Waals surface area (Å²) in [5, 5.41) is 2.02. The van der Waals surface area contributed by atoms with Gasteiger partial charge in [-0.05, 0) is 55.2 Å². The number of rotatable bonds is 4. The number of pyridine rings is 1. The van der Waals surface area contributed by atoms with Gasteiger partial charge < -0.3 is 10.1 Å². The molecule has 3 rings (SSSR count). The Kier molecular flexibility index (Phi) is 4.23. The maximum atomic E-state index is 12.2. The summed E-state index contributed by atoms with van der Waals surface area (Å²) in [4.78, 5) is 4.41. The normalized spacial score (nSPS) is 14.8. The molecule has 1 aromatic carbocycles. The van der Waals surface area contributed by atoms with Crippen molar-refractivity contribution in [2.45, 2.75) is 25.5 Å². The molecule has 24 heavy (non-hydrogen) atoms. The van der Waals surface area contributed by atoms with Gasteiger partial charge in [0.1, 0.15) is 16.8 Å². The fourth-order valence-corrected chi connectivity index (χ4v) is 4.35. The van der Waals surface area contributed by atoms with Crippen molar-refractivity contribution >= 4 is 15.9 Å². The number of hydrogen-bond donors (Lipinski definition) is 2. The Hall–Kier alpha value is -2.12. The van der Waals surface area contributed by atoms with Crippen molar-refractivity contribution in [3.05, 3.63) is 52.2 Å². The number of nitrogens with one attached hydrogen (secondary N) is 1. The summed E-state index contributed by atoms with van der Waals surface area (Å²) >= 11 is 0. The first-order chi connectivity index (χ1) is 11.3. The number of aromatic nitrogens is 1. The average Bonchev–Trinajstić information content (AvgIpc) is 2.95. The number of hydrogen-bond acceptors (Lipinski definition) is 5. The highest BCUT2D eigenvalue weighted by atomic mass is 32.2. The van der Waals surface area contributed by atoms with E-state index in [1.54, 1.807) is 31.4 Å². The molecule has 0 bridgehead atoms. The van der Waals surface area contributed by atoms with E-state index in [1.165, 1.54) is 0 Å². The molecule has 2 aromatic rings. The zero-order chi connectivity index (χ0) is 17.5. The number of nitrogens with zero attached hydrogens (tertiary/aromatic N) is 1. The molecule has 2 heterocycles. The summed E-state index contributed by atoms with van der Waals surface area (Å²) in [5.41, 5.74) is 3.42. The number of ether oxygens (including phenoxy) is 1. The second-order valence-corrected chi connectivity index (χ2v) is 7.48. The molecule has 1 aliphatic rings. The number of benzene rings is 1. The molecule has 0 saturated carbocycles. The van der Waals surface area contributed by atoms with Gasteiger partial charge in [0.05, 0.1) is 7.11 Å². The minimum absolute atomic E-state index is 0.540. The predicted octanol–water partition coefficient (Wildman–Crippen LogP) is 2.65. The molecule has 0 amide bonds. The third kappa shape index (κ3) is 2.97. The second kappa shape index (κ2) is 6.07. The van der Waals surface area contributed by atoms with Gasteiger partial charge in [-0.15, -0.1) is 0 Å². The number of aryl methyl sites for hydroxylation is 2. The van der Waals surface area contributed by atoms with Gasteiger partial charge >= 0.3 is 0 Å². The smallest absolute Gasteiger partial charge is 0.276 e. The summed E-state index contributed by atoms with van der Waals surface area (Å²) in [5.74, 6) is 1.34. The van der Waals surface area contributed by atoms with Crippen LogP contribution in [0, 0.1) is 13.8 Å². The molecule has 0 fully saturated rings. The van der Waals surface area contributed by atoms with E-state index in [4.69, 9.17) is 4.74 Å². The number of methoxy groups -OCH3 is 1. The van der Waals surface area contributed by atoms with Crippen molar-refractivity contribution < 1.29 is 17.7 Å². The van der Waals surface area contributed by atoms with Gasteiger partial charge in [-0.25, -0.2) is 4.98 Å². The van der Waals surface area contributed by atoms with Crippen LogP contribution in [0.4, 0.5) is 5.82 Å². The van der Waals surface area contributed by atoms with Crippen LogP contribution in [-0.2, 0) is 16.5 Å². The predicted molar refractivity (Wildman–Crippen MR) is 92.3 cm³/mol. The maximum Gasteiger partial charge on any atom is 0.276 e. The van der Waals surface area contributed by atoms with E-state index in [9.17, 15) is 13.0 Å². The molecule has 0 saturated heterocycles. The third-order valence-corrected chi connectivity index (χ3v) is 5.40. The van der Waals surface area contributed by atoms with Crippen molar-refractivity contribution in [2.75, 3.05) is 19.0 Å². The van der Waals surface area contributed by atoms with Gasteiger partial charge in [-0.3, -0.25) is 4.55 Å². The molecule has 1 aromatic heterocycles. The number of anilines is 1. The largest absolute Gasteiger partial charge is 0.497 e. The standard InChI is InChI=1S/C17H20N2O4S/c1-10-8-12(23-3)4-5-13(10)16(24(20,21)22)15-9-11(2)19-17-14(15)6-7-18-17/h4-5,8-9,16H,6-7H2,1-3H3,(H,18,19)(H,20,21,22). The lowest BCUT2D eigenvalue weighted by Crippen LogP contribution is -2.17. The SMILES string of the molecule is COc1ccc(C(c2cc(C)nc3c2CCN3)S(=O)(=O)O)c(C)c1. The molecule has 1 atom stereocenters. The van der Waals surface area contributed by atoms with Gasteiger partial charge in [0.15, 0.2) is 0 Å². The summed E-state index contributed by atoms with van der Waals surface area (Å²) < 4.78 is 39.6. The van der Waals surface area contributed by atoms with Gasteiger partial charge in [-0.1, -0.05) is 6.07 Å². The first kappa shape index (κ1) is 16.7. The highest BCUT2D eigenvalue weighted by molar-refractivity contribution is 7.86. The quantitative estimate of drug-likeness (QED) is 0.826. The Bertz CT molecular complexity index is 894. The fourth-order valence-electron chi connectivity index (χ4n) is 3.23. The monoisotopic (exact) mass is 348 g/mol. The molecular weight excluding hydrogens is 328 g/mol. The van der Waals surface area contributed by atoms with Gasteiger partial charge in [-0.2, -0.15) is 8.42 Å². The zero-order valence-corrected chi connectivity index (χ0v) is 14.6. The molecular formula is C17H20N2O4S. The molecule has 128 valence electrons. The maximum absolute atomic E-state index is 12.2. The van der Waals surface area contributed by atoms with E-state index < -0.39 is 15.4 Å². The first-order valence-electron chi connectivity index (χ1n) is 7.66. The minimum atomic E-state index is -4.35. The molecule has 2 N–H and O–H groups in total. The van der Waals surface area contributed by atoms with E-state index in [-0.39, 0.29) is 0 Å². The molecule has 0 spiro atoms. The minimum Gasteiger partial charge on any atom is -0.497 e. The van der Waals surface area contributed by atoms with E-state index in [1.807, 2.05) is 13.8 Å². The average molecular weight is 348 g/mol. The lowest BCUT2D eigenvalue weighted by Gasteiger charge is -2.20. The lowest BCUT2D eigenvalue weighted by atomic mass is 9.95. The van der Waals surface area contributed by atoms with Crippen molar-refractivity contribution in [1.29, 1.82) is 0 Å². The fraction of sp³-hybridized carbons (Fsp3) is 0.353. The second-order valence-electron chi connectivity index (χ2n) is 5.97. The van der Waals surface area contributed by atoms with Crippen molar-refractivity contribution in [1.82, 2.24) is 4.98 Å². The Morgan fingerprint density at radius 3 is 2.62 bits per heavy atom. The first-order valence-corrected chi connectivity index (χ1v) is 9.16. The molecule has 7 heteroatoms. The summed E-state index contributed by atoms with van der Waals surface area (Å²) in [6.45, 7) is 4.33. The third-order valence-electron chi connectivity index (χ3n) is 4.29. The van der Waals surface area contributed by atoms with Crippen LogP contribution in [0.25, 0.3) is 0 Å². The summed E-state index contributed by atoms with van der Waals surface area (Å²) in [6.07, 6.45) is 0.680. The van der Waals surface area contributed by atoms with E-state index in [0.717, 1.165) is 11.1 Å². The van der Waals surface area contributed by atoms with E-state index in [0.29, 0.717) is 41.4 Å². The molecule has 6 nitrogen and oxygen atoms in total. The lowest BCUT2D eigenvalue weighted by molar-refractivity contribution is 0.414. The van der Waals surface area contributed by atoms with Crippen LogP contribution in [0.3, 0.4) is 0 Å². The van der Waals surface area contributed by atoms with Crippen molar-refractivity contribution in [3.63, 3.8) is 0 Å². The Balaban J connectivity index is 2.24. The Labute approximate surface area is 141 Å². The van der Waals surface area contributed by atoms with Crippen LogP contribution in [0.5, 0.6) is 5.75 Å². The molecule has 0 aliphatic carbocycles. The van der Waals surface area contributed by atoms with Crippen LogP contribution >= 0.6 is 0 Å². The molecule has 0 radical (unpaired) electrons. The summed E-state index contributed by atoms with van der Waals surface area (Å²) in [7, 11) is -2.79. The summed E-state index contributed by atoms with van der Waals surface area (Å²) in [6, 6.07) is 6.90. The Morgan fingerprint density at radius 2 is 2.00 bits per heavy atom. The van der Waals surface area contributed by atoms with E-state index in [2.05, 4.69) is 10.3 Å². The van der Waals surface area contributed by atoms with Gasteiger partial charge in [0, 0.05) is 17.8 Å². The number of fused-ring (bicyclic) bond motifs is 1. The molecule has 1 unspecified atom stereocenters. The van der Waals surface area contributed by atoms with Crippen LogP contribution in [0.2, 0.25) is 0 Å². The van der Waals surface area contributed by atoms with Gasteiger partial charge in [0.2, 0.25) is 0 Å². The van der Waals surface area contributed by atoms with E-state index >= 15 is 0 Å². The van der Waals surface area contributed by atoms with Gasteiger partial charge in [0.25, 0.3) is 10.1 Å². The van der Waals surface area contributed by atoms with Crippen LogP contribution in [0.1, 0.15) is 33.2 Å². The van der Waals surface area contributed by atoms with Crippen molar-refractivity contribution in [2.24, 2.45) is 0 Å². The zero-order valence-electron chi connectivity index (χ0n) is 13.8.